The van der Waals surface area contributed by atoms with Gasteiger partial charge in [-0.2, -0.15) is 0 Å². The Morgan fingerprint density at radius 3 is 1.48 bits per heavy atom. The van der Waals surface area contributed by atoms with E-state index < -0.39 is 29.8 Å². The monoisotopic (exact) mass is 429 g/mol. The van der Waals surface area contributed by atoms with Crippen molar-refractivity contribution in [3.8, 4) is 23.0 Å². The number of esters is 4. The van der Waals surface area contributed by atoms with Crippen LogP contribution in [0.4, 0.5) is 5.69 Å². The molecule has 0 unspecified atom stereocenters. The molecular formula is C21H19NO9. The van der Waals surface area contributed by atoms with Gasteiger partial charge in [0.25, 0.3) is 5.91 Å². The molecule has 1 N–H and O–H groups in total. The van der Waals surface area contributed by atoms with Gasteiger partial charge in [0, 0.05) is 45.0 Å². The minimum absolute atomic E-state index is 0.00331. The highest BCUT2D eigenvalue weighted by atomic mass is 16.6. The van der Waals surface area contributed by atoms with E-state index in [4.69, 9.17) is 18.9 Å². The Morgan fingerprint density at radius 1 is 0.581 bits per heavy atom. The van der Waals surface area contributed by atoms with Crippen LogP contribution in [-0.2, 0) is 19.2 Å². The van der Waals surface area contributed by atoms with Gasteiger partial charge in [-0.25, -0.2) is 0 Å². The molecule has 0 aromatic heterocycles. The van der Waals surface area contributed by atoms with Crippen molar-refractivity contribution in [2.45, 2.75) is 27.7 Å². The topological polar surface area (TPSA) is 134 Å². The smallest absolute Gasteiger partial charge is 0.308 e. The Kier molecular flexibility index (Phi) is 7.45. The van der Waals surface area contributed by atoms with Crippen molar-refractivity contribution in [1.82, 2.24) is 0 Å². The number of anilines is 1. The van der Waals surface area contributed by atoms with Crippen molar-refractivity contribution < 1.29 is 42.9 Å². The quantitative estimate of drug-likeness (QED) is 0.543. The van der Waals surface area contributed by atoms with E-state index in [1.807, 2.05) is 0 Å². The number of hydrogen-bond donors (Lipinski definition) is 1. The molecule has 0 aliphatic rings. The molecule has 0 bridgehead atoms. The molecule has 0 atom stereocenters. The first-order chi connectivity index (χ1) is 14.5. The van der Waals surface area contributed by atoms with Gasteiger partial charge >= 0.3 is 23.9 Å². The first-order valence-corrected chi connectivity index (χ1v) is 8.88. The number of carbonyl (C=O) groups excluding carboxylic acids is 5. The Morgan fingerprint density at radius 2 is 1.00 bits per heavy atom. The van der Waals surface area contributed by atoms with Gasteiger partial charge in [-0.15, -0.1) is 0 Å². The van der Waals surface area contributed by atoms with Crippen LogP contribution >= 0.6 is 0 Å². The van der Waals surface area contributed by atoms with Gasteiger partial charge in [0.05, 0.1) is 0 Å². The number of rotatable bonds is 6. The minimum atomic E-state index is -0.668. The van der Waals surface area contributed by atoms with E-state index in [1.165, 1.54) is 57.2 Å². The molecule has 31 heavy (non-hydrogen) atoms. The number of benzene rings is 2. The van der Waals surface area contributed by atoms with Gasteiger partial charge < -0.3 is 24.3 Å². The summed E-state index contributed by atoms with van der Waals surface area (Å²) in [6, 6.07) is 7.99. The minimum Gasteiger partial charge on any atom is -0.423 e. The maximum atomic E-state index is 12.6. The van der Waals surface area contributed by atoms with Crippen LogP contribution in [0.2, 0.25) is 0 Å². The van der Waals surface area contributed by atoms with Crippen molar-refractivity contribution in [1.29, 1.82) is 0 Å². The molecular weight excluding hydrogens is 410 g/mol. The molecule has 0 saturated carbocycles. The standard InChI is InChI=1S/C21H19NO9/c1-11(23)28-17-7-5-15(9-19(17)30-13(3)25)21(27)22-16-6-8-18(29-12(2)24)20(10-16)31-14(4)26/h5-10H,1-4H3,(H,22,27). The zero-order valence-electron chi connectivity index (χ0n) is 17.1. The number of ether oxygens (including phenoxy) is 4. The first-order valence-electron chi connectivity index (χ1n) is 8.88. The summed E-state index contributed by atoms with van der Waals surface area (Å²) in [7, 11) is 0. The van der Waals surface area contributed by atoms with Gasteiger partial charge in [0.2, 0.25) is 0 Å². The summed E-state index contributed by atoms with van der Waals surface area (Å²) >= 11 is 0. The summed E-state index contributed by atoms with van der Waals surface area (Å²) in [6.07, 6.45) is 0. The molecule has 0 aliphatic carbocycles. The number of nitrogens with one attached hydrogen (secondary N) is 1. The lowest BCUT2D eigenvalue weighted by molar-refractivity contribution is -0.134. The normalized spacial score (nSPS) is 9.94. The zero-order valence-corrected chi connectivity index (χ0v) is 17.1. The molecule has 0 fully saturated rings. The Balaban J connectivity index is 2.31. The summed E-state index contributed by atoms with van der Waals surface area (Å²) in [4.78, 5) is 57.7. The summed E-state index contributed by atoms with van der Waals surface area (Å²) in [6.45, 7) is 4.70. The van der Waals surface area contributed by atoms with Gasteiger partial charge in [0.1, 0.15) is 0 Å². The number of hydrogen-bond acceptors (Lipinski definition) is 9. The van der Waals surface area contributed by atoms with Crippen molar-refractivity contribution in [3.05, 3.63) is 42.0 Å². The number of carbonyl (C=O) groups is 5. The van der Waals surface area contributed by atoms with E-state index >= 15 is 0 Å². The van der Waals surface area contributed by atoms with Crippen molar-refractivity contribution >= 4 is 35.5 Å². The second kappa shape index (κ2) is 10.0. The van der Waals surface area contributed by atoms with E-state index in [2.05, 4.69) is 5.32 Å². The lowest BCUT2D eigenvalue weighted by atomic mass is 10.1. The van der Waals surface area contributed by atoms with Crippen LogP contribution in [0.3, 0.4) is 0 Å². The third kappa shape index (κ3) is 6.96. The maximum absolute atomic E-state index is 12.6. The molecule has 0 radical (unpaired) electrons. The second-order valence-electron chi connectivity index (χ2n) is 6.15. The largest absolute Gasteiger partial charge is 0.423 e. The highest BCUT2D eigenvalue weighted by molar-refractivity contribution is 6.05. The van der Waals surface area contributed by atoms with Gasteiger partial charge in [0.15, 0.2) is 23.0 Å². The summed E-state index contributed by atoms with van der Waals surface area (Å²) < 4.78 is 19.9. The van der Waals surface area contributed by atoms with Crippen LogP contribution in [-0.4, -0.2) is 29.8 Å². The Labute approximate surface area is 177 Å². The van der Waals surface area contributed by atoms with E-state index in [0.717, 1.165) is 6.92 Å². The van der Waals surface area contributed by atoms with Crippen LogP contribution < -0.4 is 24.3 Å². The van der Waals surface area contributed by atoms with Gasteiger partial charge in [-0.3, -0.25) is 24.0 Å². The molecule has 2 rings (SSSR count). The molecule has 1 amide bonds. The molecule has 0 heterocycles. The molecule has 0 saturated heterocycles. The zero-order chi connectivity index (χ0) is 23.1. The summed E-state index contributed by atoms with van der Waals surface area (Å²) in [5.74, 6) is -3.36. The van der Waals surface area contributed by atoms with Crippen LogP contribution in [0.15, 0.2) is 36.4 Å². The Bertz CT molecular complexity index is 1060. The van der Waals surface area contributed by atoms with Gasteiger partial charge in [-0.05, 0) is 30.3 Å². The van der Waals surface area contributed by atoms with Crippen molar-refractivity contribution in [2.24, 2.45) is 0 Å². The highest BCUT2D eigenvalue weighted by Crippen LogP contribution is 2.32. The predicted octanol–water partition coefficient (Wildman–Crippen LogP) is 2.64. The fourth-order valence-electron chi connectivity index (χ4n) is 2.39. The number of amides is 1. The molecule has 162 valence electrons. The average molecular weight is 429 g/mol. The lowest BCUT2D eigenvalue weighted by Crippen LogP contribution is -2.14. The van der Waals surface area contributed by atoms with Crippen LogP contribution in [0.25, 0.3) is 0 Å². The highest BCUT2D eigenvalue weighted by Gasteiger charge is 2.17. The third-order valence-corrected chi connectivity index (χ3v) is 3.42. The summed E-state index contributed by atoms with van der Waals surface area (Å²) in [5.41, 5.74) is 0.320. The van der Waals surface area contributed by atoms with E-state index in [-0.39, 0.29) is 34.2 Å². The average Bonchev–Trinajstić information content (AvgIpc) is 2.63. The molecule has 0 aliphatic heterocycles. The van der Waals surface area contributed by atoms with Gasteiger partial charge in [-0.1, -0.05) is 0 Å². The third-order valence-electron chi connectivity index (χ3n) is 3.42. The SMILES string of the molecule is CC(=O)Oc1ccc(NC(=O)c2ccc(OC(C)=O)c(OC(C)=O)c2)cc1OC(C)=O. The van der Waals surface area contributed by atoms with Crippen LogP contribution in [0.5, 0.6) is 23.0 Å². The van der Waals surface area contributed by atoms with Crippen LogP contribution in [0, 0.1) is 0 Å². The fourth-order valence-corrected chi connectivity index (χ4v) is 2.39. The first kappa shape index (κ1) is 23.1. The van der Waals surface area contributed by atoms with Crippen molar-refractivity contribution in [2.75, 3.05) is 5.32 Å². The lowest BCUT2D eigenvalue weighted by Gasteiger charge is -2.13. The molecule has 10 nitrogen and oxygen atoms in total. The second-order valence-corrected chi connectivity index (χ2v) is 6.15. The molecule has 2 aromatic rings. The predicted molar refractivity (Wildman–Crippen MR) is 106 cm³/mol. The van der Waals surface area contributed by atoms with Crippen LogP contribution in [0.1, 0.15) is 38.1 Å². The molecule has 0 spiro atoms. The van der Waals surface area contributed by atoms with E-state index in [9.17, 15) is 24.0 Å². The van der Waals surface area contributed by atoms with E-state index in [0.29, 0.717) is 0 Å². The molecule has 10 heteroatoms. The molecule has 2 aromatic carbocycles. The fraction of sp³-hybridized carbons (Fsp3) is 0.190. The summed E-state index contributed by atoms with van der Waals surface area (Å²) in [5, 5.41) is 2.57. The van der Waals surface area contributed by atoms with E-state index in [1.54, 1.807) is 0 Å². The van der Waals surface area contributed by atoms with Crippen molar-refractivity contribution in [3.63, 3.8) is 0 Å². The Hall–Kier alpha value is -4.21. The maximum Gasteiger partial charge on any atom is 0.308 e.